The van der Waals surface area contributed by atoms with Crippen molar-refractivity contribution < 1.29 is 18.2 Å². The van der Waals surface area contributed by atoms with Gasteiger partial charge in [-0.2, -0.15) is 13.2 Å². The van der Waals surface area contributed by atoms with Crippen LogP contribution in [0.5, 0.6) is 0 Å². The zero-order valence-corrected chi connectivity index (χ0v) is 12.2. The molecule has 0 fully saturated rings. The number of aromatic nitrogens is 6. The lowest BCUT2D eigenvalue weighted by atomic mass is 10.4. The molecule has 0 radical (unpaired) electrons. The van der Waals surface area contributed by atoms with Crippen molar-refractivity contribution in [1.82, 2.24) is 24.1 Å². The second-order valence-corrected chi connectivity index (χ2v) is 5.27. The monoisotopic (exact) mass is 365 g/mol. The number of fused-ring (bicyclic) bond motifs is 3. The molecule has 11 heteroatoms. The molecule has 7 nitrogen and oxygen atoms in total. The highest BCUT2D eigenvalue weighted by Gasteiger charge is 2.30. The molecule has 3 rings (SSSR count). The highest BCUT2D eigenvalue weighted by Crippen LogP contribution is 2.21. The Morgan fingerprint density at radius 3 is 2.81 bits per heavy atom. The fourth-order valence-corrected chi connectivity index (χ4v) is 2.48. The van der Waals surface area contributed by atoms with Crippen molar-refractivity contribution >= 4 is 32.7 Å². The van der Waals surface area contributed by atoms with Crippen molar-refractivity contribution in [2.45, 2.75) is 26.1 Å². The second kappa shape index (κ2) is 4.55. The molecule has 0 bridgehead atoms. The van der Waals surface area contributed by atoms with Gasteiger partial charge in [0.1, 0.15) is 5.82 Å². The van der Waals surface area contributed by atoms with Crippen LogP contribution in [0.25, 0.3) is 16.8 Å². The third-order valence-electron chi connectivity index (χ3n) is 2.94. The molecular weight excluding hydrogens is 357 g/mol. The molecule has 0 aliphatic heterocycles. The predicted octanol–water partition coefficient (Wildman–Crippen LogP) is 1.21. The number of hydrogen-bond acceptors (Lipinski definition) is 3. The number of nitrogens with zero attached hydrogens (tertiary/aromatic N) is 4. The smallest absolute Gasteiger partial charge is 0.258 e. The molecule has 3 aromatic heterocycles. The normalized spacial score (nSPS) is 12.6. The van der Waals surface area contributed by atoms with Crippen molar-refractivity contribution in [3.8, 4) is 0 Å². The Labute approximate surface area is 122 Å². The van der Waals surface area contributed by atoms with Crippen LogP contribution < -0.4 is 10.7 Å². The van der Waals surface area contributed by atoms with Crippen LogP contribution >= 0.6 is 15.9 Å². The average molecular weight is 366 g/mol. The summed E-state index contributed by atoms with van der Waals surface area (Å²) in [4.78, 5) is 22.1. The summed E-state index contributed by atoms with van der Waals surface area (Å²) < 4.78 is 39.7. The first-order valence-electron chi connectivity index (χ1n) is 5.90. The third kappa shape index (κ3) is 2.41. The van der Waals surface area contributed by atoms with Crippen molar-refractivity contribution in [2.24, 2.45) is 0 Å². The molecule has 112 valence electrons. The molecule has 2 N–H and O–H groups in total. The quantitative estimate of drug-likeness (QED) is 0.693. The zero-order valence-electron chi connectivity index (χ0n) is 10.6. The molecule has 3 aromatic rings. The molecule has 0 saturated heterocycles. The van der Waals surface area contributed by atoms with Crippen molar-refractivity contribution in [2.75, 3.05) is 0 Å². The Balaban J connectivity index is 2.29. The molecule has 0 amide bonds. The molecule has 21 heavy (non-hydrogen) atoms. The van der Waals surface area contributed by atoms with Gasteiger partial charge in [-0.25, -0.2) is 19.3 Å². The number of hydrogen-bond donors (Lipinski definition) is 1. The third-order valence-corrected chi connectivity index (χ3v) is 3.33. The fraction of sp³-hybridized carbons (Fsp3) is 0.400. The van der Waals surface area contributed by atoms with Gasteiger partial charge in [-0.3, -0.25) is 4.98 Å². The molecular formula is C10H9BrF3N6O+. The summed E-state index contributed by atoms with van der Waals surface area (Å²) >= 11 is 3.16. The number of aryl methyl sites for hydroxylation is 2. The summed E-state index contributed by atoms with van der Waals surface area (Å²) in [7, 11) is 0. The summed E-state index contributed by atoms with van der Waals surface area (Å²) in [6.45, 7) is 1.09. The lowest BCUT2D eigenvalue weighted by molar-refractivity contribution is -0.364. The van der Waals surface area contributed by atoms with Crippen molar-refractivity contribution in [1.29, 1.82) is 0 Å². The Morgan fingerprint density at radius 2 is 2.14 bits per heavy atom. The zero-order chi connectivity index (χ0) is 15.4. The molecule has 0 aromatic carbocycles. The minimum atomic E-state index is -4.35. The van der Waals surface area contributed by atoms with Gasteiger partial charge < -0.3 is 0 Å². The van der Waals surface area contributed by atoms with Gasteiger partial charge in [-0.05, 0) is 6.92 Å². The van der Waals surface area contributed by atoms with Crippen LogP contribution in [-0.4, -0.2) is 30.3 Å². The van der Waals surface area contributed by atoms with E-state index in [9.17, 15) is 18.0 Å². The number of H-pyrrole nitrogens is 2. The number of imidazole rings is 1. The van der Waals surface area contributed by atoms with Crippen LogP contribution in [0.15, 0.2) is 9.53 Å². The Hall–Kier alpha value is -1.91. The van der Waals surface area contributed by atoms with E-state index in [1.807, 2.05) is 0 Å². The van der Waals surface area contributed by atoms with Crippen molar-refractivity contribution in [3.05, 3.63) is 21.0 Å². The second-order valence-electron chi connectivity index (χ2n) is 4.48. The maximum Gasteiger partial charge on any atom is 0.409 e. The van der Waals surface area contributed by atoms with Gasteiger partial charge in [-0.15, -0.1) is 9.61 Å². The average Bonchev–Trinajstić information content (AvgIpc) is 2.90. The van der Waals surface area contributed by atoms with Crippen molar-refractivity contribution in [3.63, 3.8) is 0 Å². The molecule has 0 unspecified atom stereocenters. The van der Waals surface area contributed by atoms with E-state index in [2.05, 4.69) is 36.0 Å². The number of nitrogens with one attached hydrogen (secondary N) is 2. The van der Waals surface area contributed by atoms with E-state index < -0.39 is 24.8 Å². The van der Waals surface area contributed by atoms with Crippen LogP contribution in [-0.2, 0) is 6.54 Å². The van der Waals surface area contributed by atoms with Gasteiger partial charge >= 0.3 is 11.9 Å². The van der Waals surface area contributed by atoms with E-state index in [1.165, 1.54) is 0 Å². The summed E-state index contributed by atoms with van der Waals surface area (Å²) in [6.07, 6.45) is -5.47. The molecule has 3 heterocycles. The van der Waals surface area contributed by atoms with Gasteiger partial charge in [0.25, 0.3) is 10.4 Å². The SMILES string of the molecule is Cc1nc2c3[nH]c(Br)[nH+]c3n(CCC(F)(F)F)c(=O)n2n1. The summed E-state index contributed by atoms with van der Waals surface area (Å²) in [6, 6.07) is 0. The van der Waals surface area contributed by atoms with E-state index in [0.717, 1.165) is 9.08 Å². The van der Waals surface area contributed by atoms with Gasteiger partial charge in [-0.1, -0.05) is 0 Å². The van der Waals surface area contributed by atoms with Gasteiger partial charge in [0, 0.05) is 15.9 Å². The Bertz CT molecular complexity index is 892. The first-order chi connectivity index (χ1) is 9.76. The highest BCUT2D eigenvalue weighted by atomic mass is 79.9. The summed E-state index contributed by atoms with van der Waals surface area (Å²) in [5.74, 6) is 0.354. The Morgan fingerprint density at radius 1 is 1.43 bits per heavy atom. The maximum absolute atomic E-state index is 12.4. The standard InChI is InChI=1S/C10H8BrF3N6O/c1-4-15-7-5-6(17-8(11)16-5)19(3-2-10(12,13)14)9(21)20(7)18-4/h2-3H2,1H3,(H,16,17)/p+1. The van der Waals surface area contributed by atoms with E-state index >= 15 is 0 Å². The first kappa shape index (κ1) is 14.0. The molecule has 0 saturated carbocycles. The fourth-order valence-electron chi connectivity index (χ4n) is 2.10. The lowest BCUT2D eigenvalue weighted by Gasteiger charge is -2.05. The minimum absolute atomic E-state index is 0.232. The summed E-state index contributed by atoms with van der Waals surface area (Å²) in [5.41, 5.74) is 0.225. The molecule has 0 spiro atoms. The number of halogens is 4. The van der Waals surface area contributed by atoms with Gasteiger partial charge in [0.2, 0.25) is 11.2 Å². The van der Waals surface area contributed by atoms with E-state index in [-0.39, 0.29) is 11.3 Å². The molecule has 0 atom stereocenters. The predicted molar refractivity (Wildman–Crippen MR) is 68.8 cm³/mol. The van der Waals surface area contributed by atoms with E-state index in [4.69, 9.17) is 0 Å². The molecule has 0 aliphatic carbocycles. The minimum Gasteiger partial charge on any atom is -0.258 e. The van der Waals surface area contributed by atoms with Crippen LogP contribution in [0.3, 0.4) is 0 Å². The number of rotatable bonds is 2. The number of aromatic amines is 2. The summed E-state index contributed by atoms with van der Waals surface area (Å²) in [5, 5.41) is 3.92. The van der Waals surface area contributed by atoms with Crippen LogP contribution in [0.1, 0.15) is 12.2 Å². The van der Waals surface area contributed by atoms with Crippen LogP contribution in [0.2, 0.25) is 0 Å². The van der Waals surface area contributed by atoms with E-state index in [0.29, 0.717) is 16.1 Å². The lowest BCUT2D eigenvalue weighted by Crippen LogP contribution is -2.31. The van der Waals surface area contributed by atoms with Crippen LogP contribution in [0, 0.1) is 6.92 Å². The number of alkyl halides is 3. The van der Waals surface area contributed by atoms with Gasteiger partial charge in [0.05, 0.1) is 13.0 Å². The van der Waals surface area contributed by atoms with Crippen LogP contribution in [0.4, 0.5) is 13.2 Å². The highest BCUT2D eigenvalue weighted by molar-refractivity contribution is 9.10. The largest absolute Gasteiger partial charge is 0.409 e. The van der Waals surface area contributed by atoms with Gasteiger partial charge in [0.15, 0.2) is 0 Å². The topological polar surface area (TPSA) is 82.1 Å². The van der Waals surface area contributed by atoms with E-state index in [1.54, 1.807) is 6.92 Å². The molecule has 0 aliphatic rings. The maximum atomic E-state index is 12.4. The Kier molecular flexibility index (Phi) is 3.04. The first-order valence-corrected chi connectivity index (χ1v) is 6.69.